The first-order chi connectivity index (χ1) is 8.26. The molecule has 0 aliphatic heterocycles. The van der Waals surface area contributed by atoms with Gasteiger partial charge < -0.3 is 10.1 Å². The Kier molecular flexibility index (Phi) is 5.91. The van der Waals surface area contributed by atoms with E-state index in [1.165, 1.54) is 0 Å². The zero-order valence-corrected chi connectivity index (χ0v) is 10.0. The van der Waals surface area contributed by atoms with Crippen molar-refractivity contribution < 1.29 is 9.53 Å². The summed E-state index contributed by atoms with van der Waals surface area (Å²) in [5.41, 5.74) is 0.568. The number of rotatable bonds is 6. The highest BCUT2D eigenvalue weighted by Crippen LogP contribution is 2.12. The number of benzene rings is 1. The van der Waals surface area contributed by atoms with Crippen LogP contribution < -0.4 is 10.1 Å². The van der Waals surface area contributed by atoms with Gasteiger partial charge in [-0.15, -0.1) is 11.6 Å². The van der Waals surface area contributed by atoms with Crippen LogP contribution >= 0.6 is 11.6 Å². The molecule has 0 saturated heterocycles. The summed E-state index contributed by atoms with van der Waals surface area (Å²) in [6, 6.07) is 8.99. The van der Waals surface area contributed by atoms with E-state index in [2.05, 4.69) is 5.32 Å². The lowest BCUT2D eigenvalue weighted by atomic mass is 10.2. The Morgan fingerprint density at radius 1 is 1.53 bits per heavy atom. The Hall–Kier alpha value is -1.73. The van der Waals surface area contributed by atoms with Crippen molar-refractivity contribution in [2.75, 3.05) is 19.0 Å². The van der Waals surface area contributed by atoms with Gasteiger partial charge >= 0.3 is 0 Å². The molecule has 0 aliphatic carbocycles. The van der Waals surface area contributed by atoms with Crippen LogP contribution in [0.1, 0.15) is 12.0 Å². The van der Waals surface area contributed by atoms with E-state index in [9.17, 15) is 4.79 Å². The average molecular weight is 253 g/mol. The molecule has 0 aliphatic rings. The topological polar surface area (TPSA) is 62.1 Å². The number of hydrogen-bond acceptors (Lipinski definition) is 3. The second-order valence-corrected chi connectivity index (χ2v) is 3.59. The third-order valence-corrected chi connectivity index (χ3v) is 2.24. The van der Waals surface area contributed by atoms with E-state index in [1.807, 2.05) is 6.07 Å². The molecule has 17 heavy (non-hydrogen) atoms. The van der Waals surface area contributed by atoms with Crippen LogP contribution in [0.2, 0.25) is 0 Å². The Balaban J connectivity index is 2.22. The van der Waals surface area contributed by atoms with Crippen LogP contribution in [0.3, 0.4) is 0 Å². The molecular weight excluding hydrogens is 240 g/mol. The Morgan fingerprint density at radius 2 is 2.35 bits per heavy atom. The average Bonchev–Trinajstić information content (AvgIpc) is 2.38. The highest BCUT2D eigenvalue weighted by Gasteiger charge is 1.98. The number of nitriles is 1. The van der Waals surface area contributed by atoms with Crippen LogP contribution in [0.4, 0.5) is 0 Å². The summed E-state index contributed by atoms with van der Waals surface area (Å²) in [5, 5.41) is 11.3. The summed E-state index contributed by atoms with van der Waals surface area (Å²) in [7, 11) is 0. The Labute approximate surface area is 105 Å². The molecule has 1 rings (SSSR count). The van der Waals surface area contributed by atoms with Gasteiger partial charge in [-0.1, -0.05) is 6.07 Å². The molecule has 5 heteroatoms. The van der Waals surface area contributed by atoms with Gasteiger partial charge in [0, 0.05) is 6.54 Å². The van der Waals surface area contributed by atoms with E-state index in [1.54, 1.807) is 24.3 Å². The maximum absolute atomic E-state index is 10.8. The van der Waals surface area contributed by atoms with Crippen molar-refractivity contribution in [1.29, 1.82) is 5.26 Å². The predicted octanol–water partition coefficient (Wildman–Crippen LogP) is 1.68. The summed E-state index contributed by atoms with van der Waals surface area (Å²) in [6.45, 7) is 1.01. The van der Waals surface area contributed by atoms with Crippen LogP contribution in [0.5, 0.6) is 5.75 Å². The van der Waals surface area contributed by atoms with Crippen molar-refractivity contribution in [3.05, 3.63) is 29.8 Å². The van der Waals surface area contributed by atoms with Gasteiger partial charge in [0.25, 0.3) is 0 Å². The molecule has 0 atom stereocenters. The van der Waals surface area contributed by atoms with Crippen molar-refractivity contribution in [3.63, 3.8) is 0 Å². The van der Waals surface area contributed by atoms with Crippen LogP contribution in [0.15, 0.2) is 24.3 Å². The molecule has 90 valence electrons. The molecular formula is C12H13ClN2O2. The van der Waals surface area contributed by atoms with Crippen LogP contribution in [-0.2, 0) is 4.79 Å². The molecule has 1 N–H and O–H groups in total. The van der Waals surface area contributed by atoms with Crippen molar-refractivity contribution in [1.82, 2.24) is 5.32 Å². The first kappa shape index (κ1) is 13.3. The van der Waals surface area contributed by atoms with Crippen LogP contribution in [0, 0.1) is 11.3 Å². The van der Waals surface area contributed by atoms with Gasteiger partial charge in [-0.25, -0.2) is 0 Å². The molecule has 0 aromatic heterocycles. The fourth-order valence-corrected chi connectivity index (χ4v) is 1.29. The third kappa shape index (κ3) is 5.23. The van der Waals surface area contributed by atoms with E-state index in [4.69, 9.17) is 21.6 Å². The number of nitrogens with one attached hydrogen (secondary N) is 1. The number of nitrogens with zero attached hydrogens (tertiary/aromatic N) is 1. The van der Waals surface area contributed by atoms with Gasteiger partial charge in [0.2, 0.25) is 5.91 Å². The smallest absolute Gasteiger partial charge is 0.234 e. The molecule has 1 amide bonds. The molecule has 0 bridgehead atoms. The largest absolute Gasteiger partial charge is 0.493 e. The van der Waals surface area contributed by atoms with Gasteiger partial charge in [0.05, 0.1) is 18.2 Å². The van der Waals surface area contributed by atoms with Crippen molar-refractivity contribution in [2.24, 2.45) is 0 Å². The SMILES string of the molecule is N#Cc1cccc(OCCCNC(=O)CCl)c1. The zero-order valence-electron chi connectivity index (χ0n) is 9.28. The summed E-state index contributed by atoms with van der Waals surface area (Å²) in [5.74, 6) is 0.455. The van der Waals surface area contributed by atoms with E-state index in [-0.39, 0.29) is 11.8 Å². The number of alkyl halides is 1. The number of hydrogen-bond donors (Lipinski definition) is 1. The monoisotopic (exact) mass is 252 g/mol. The number of amides is 1. The standard InChI is InChI=1S/C12H13ClN2O2/c13-8-12(16)15-5-2-6-17-11-4-1-3-10(7-11)9-14/h1,3-4,7H,2,5-6,8H2,(H,15,16). The van der Waals surface area contributed by atoms with E-state index >= 15 is 0 Å². The number of carbonyl (C=O) groups is 1. The van der Waals surface area contributed by atoms with Crippen LogP contribution in [-0.4, -0.2) is 24.9 Å². The molecule has 0 spiro atoms. The third-order valence-electron chi connectivity index (χ3n) is 2.00. The Bertz CT molecular complexity index is 415. The van der Waals surface area contributed by atoms with E-state index in [0.29, 0.717) is 30.9 Å². The second-order valence-electron chi connectivity index (χ2n) is 3.33. The first-order valence-corrected chi connectivity index (χ1v) is 5.75. The predicted molar refractivity (Wildman–Crippen MR) is 65.0 cm³/mol. The number of carbonyl (C=O) groups excluding carboxylic acids is 1. The van der Waals surface area contributed by atoms with Gasteiger partial charge in [-0.2, -0.15) is 5.26 Å². The summed E-state index contributed by atoms with van der Waals surface area (Å²) >= 11 is 5.32. The number of ether oxygens (including phenoxy) is 1. The van der Waals surface area contributed by atoms with Crippen molar-refractivity contribution in [2.45, 2.75) is 6.42 Å². The van der Waals surface area contributed by atoms with Gasteiger partial charge in [0.1, 0.15) is 11.6 Å². The molecule has 0 heterocycles. The minimum Gasteiger partial charge on any atom is -0.493 e. The Morgan fingerprint density at radius 3 is 3.06 bits per heavy atom. The zero-order chi connectivity index (χ0) is 12.5. The summed E-state index contributed by atoms with van der Waals surface area (Å²) < 4.78 is 5.43. The molecule has 4 nitrogen and oxygen atoms in total. The van der Waals surface area contributed by atoms with Gasteiger partial charge in [-0.3, -0.25) is 4.79 Å². The van der Waals surface area contributed by atoms with E-state index < -0.39 is 0 Å². The molecule has 1 aromatic rings. The number of halogens is 1. The maximum atomic E-state index is 10.8. The minimum atomic E-state index is -0.182. The first-order valence-electron chi connectivity index (χ1n) is 5.22. The van der Waals surface area contributed by atoms with Crippen LogP contribution in [0.25, 0.3) is 0 Å². The molecule has 0 unspecified atom stereocenters. The second kappa shape index (κ2) is 7.53. The summed E-state index contributed by atoms with van der Waals surface area (Å²) in [6.07, 6.45) is 0.694. The highest BCUT2D eigenvalue weighted by atomic mass is 35.5. The van der Waals surface area contributed by atoms with Crippen molar-refractivity contribution >= 4 is 17.5 Å². The quantitative estimate of drug-likeness (QED) is 0.619. The lowest BCUT2D eigenvalue weighted by molar-refractivity contribution is -0.118. The molecule has 0 fully saturated rings. The minimum absolute atomic E-state index is 0.0227. The van der Waals surface area contributed by atoms with E-state index in [0.717, 1.165) is 0 Å². The molecule has 1 aromatic carbocycles. The highest BCUT2D eigenvalue weighted by molar-refractivity contribution is 6.27. The van der Waals surface area contributed by atoms with Gasteiger partial charge in [0.15, 0.2) is 0 Å². The lowest BCUT2D eigenvalue weighted by Gasteiger charge is -2.06. The molecule has 0 saturated carbocycles. The molecule has 0 radical (unpaired) electrons. The normalized spacial score (nSPS) is 9.41. The van der Waals surface area contributed by atoms with Gasteiger partial charge in [-0.05, 0) is 24.6 Å². The fourth-order valence-electron chi connectivity index (χ4n) is 1.19. The summed E-state index contributed by atoms with van der Waals surface area (Å²) in [4.78, 5) is 10.8. The maximum Gasteiger partial charge on any atom is 0.234 e. The van der Waals surface area contributed by atoms with Crippen molar-refractivity contribution in [3.8, 4) is 11.8 Å². The fraction of sp³-hybridized carbons (Fsp3) is 0.333. The lowest BCUT2D eigenvalue weighted by Crippen LogP contribution is -2.26.